The van der Waals surface area contributed by atoms with Gasteiger partial charge in [-0.05, 0) is 18.2 Å². The van der Waals surface area contributed by atoms with Gasteiger partial charge in [-0.2, -0.15) is 0 Å². The maximum absolute atomic E-state index is 11.9. The fourth-order valence-electron chi connectivity index (χ4n) is 2.37. The molecule has 0 saturated carbocycles. The minimum Gasteiger partial charge on any atom is -0.426 e. The first-order valence-corrected chi connectivity index (χ1v) is 7.17. The zero-order valence-electron chi connectivity index (χ0n) is 11.8. The van der Waals surface area contributed by atoms with E-state index in [2.05, 4.69) is 9.88 Å². The van der Waals surface area contributed by atoms with Gasteiger partial charge in [0.15, 0.2) is 0 Å². The summed E-state index contributed by atoms with van der Waals surface area (Å²) in [6.45, 7) is 3.96. The lowest BCUT2D eigenvalue weighted by Gasteiger charge is -2.25. The maximum Gasteiger partial charge on any atom is 0.312 e. The lowest BCUT2D eigenvalue weighted by Crippen LogP contribution is -2.37. The third-order valence-corrected chi connectivity index (χ3v) is 3.54. The summed E-state index contributed by atoms with van der Waals surface area (Å²) in [5.74, 6) is 0.338. The SMILES string of the molecule is O=C(CCN1CCOCC1)Oc1ccc2cccnc2c1. The number of pyridine rings is 1. The van der Waals surface area contributed by atoms with Gasteiger partial charge < -0.3 is 9.47 Å². The average Bonchev–Trinajstić information content (AvgIpc) is 2.54. The third kappa shape index (κ3) is 3.77. The fraction of sp³-hybridized carbons (Fsp3) is 0.375. The molecule has 0 N–H and O–H groups in total. The highest BCUT2D eigenvalue weighted by Crippen LogP contribution is 2.19. The van der Waals surface area contributed by atoms with E-state index >= 15 is 0 Å². The van der Waals surface area contributed by atoms with E-state index in [0.29, 0.717) is 18.7 Å². The van der Waals surface area contributed by atoms with Crippen LogP contribution in [-0.2, 0) is 9.53 Å². The highest BCUT2D eigenvalue weighted by Gasteiger charge is 2.13. The number of fused-ring (bicyclic) bond motifs is 1. The summed E-state index contributed by atoms with van der Waals surface area (Å²) in [6, 6.07) is 9.37. The highest BCUT2D eigenvalue weighted by atomic mass is 16.5. The molecular formula is C16H18N2O3. The Hall–Kier alpha value is -1.98. The lowest BCUT2D eigenvalue weighted by atomic mass is 10.2. The number of esters is 1. The molecule has 0 aliphatic carbocycles. The second kappa shape index (κ2) is 6.65. The van der Waals surface area contributed by atoms with Gasteiger partial charge in [0, 0.05) is 37.3 Å². The molecule has 3 rings (SSSR count). The van der Waals surface area contributed by atoms with Gasteiger partial charge >= 0.3 is 5.97 Å². The van der Waals surface area contributed by atoms with E-state index in [1.165, 1.54) is 0 Å². The van der Waals surface area contributed by atoms with Crippen molar-refractivity contribution in [3.8, 4) is 5.75 Å². The molecule has 1 aromatic heterocycles. The molecule has 1 fully saturated rings. The predicted molar refractivity (Wildman–Crippen MR) is 79.3 cm³/mol. The van der Waals surface area contributed by atoms with Crippen molar-refractivity contribution in [1.29, 1.82) is 0 Å². The Labute approximate surface area is 123 Å². The second-order valence-electron chi connectivity index (χ2n) is 5.04. The van der Waals surface area contributed by atoms with Crippen LogP contribution in [0.3, 0.4) is 0 Å². The van der Waals surface area contributed by atoms with Crippen LogP contribution in [0.4, 0.5) is 0 Å². The number of rotatable bonds is 4. The van der Waals surface area contributed by atoms with E-state index in [4.69, 9.17) is 9.47 Å². The number of aromatic nitrogens is 1. The summed E-state index contributed by atoms with van der Waals surface area (Å²) in [4.78, 5) is 18.4. The lowest BCUT2D eigenvalue weighted by molar-refractivity contribution is -0.135. The number of carbonyl (C=O) groups excluding carboxylic acids is 1. The van der Waals surface area contributed by atoms with Gasteiger partial charge in [-0.3, -0.25) is 14.7 Å². The van der Waals surface area contributed by atoms with E-state index in [0.717, 1.165) is 37.2 Å². The summed E-state index contributed by atoms with van der Waals surface area (Å²) in [7, 11) is 0. The molecule has 1 aliphatic heterocycles. The normalized spacial score (nSPS) is 16.0. The number of hydrogen-bond donors (Lipinski definition) is 0. The fourth-order valence-corrected chi connectivity index (χ4v) is 2.37. The Morgan fingerprint density at radius 3 is 3.00 bits per heavy atom. The van der Waals surface area contributed by atoms with Crippen LogP contribution in [-0.4, -0.2) is 48.7 Å². The zero-order chi connectivity index (χ0) is 14.5. The topological polar surface area (TPSA) is 51.7 Å². The Balaban J connectivity index is 1.55. The van der Waals surface area contributed by atoms with Crippen molar-refractivity contribution < 1.29 is 14.3 Å². The van der Waals surface area contributed by atoms with Crippen LogP contribution in [0.2, 0.25) is 0 Å². The first-order valence-electron chi connectivity index (χ1n) is 7.17. The monoisotopic (exact) mass is 286 g/mol. The molecule has 0 amide bonds. The molecule has 1 aromatic carbocycles. The Morgan fingerprint density at radius 1 is 1.29 bits per heavy atom. The van der Waals surface area contributed by atoms with Crippen molar-refractivity contribution in [3.05, 3.63) is 36.5 Å². The van der Waals surface area contributed by atoms with Crippen LogP contribution < -0.4 is 4.74 Å². The summed E-state index contributed by atoms with van der Waals surface area (Å²) in [6.07, 6.45) is 2.12. The molecule has 1 saturated heterocycles. The largest absolute Gasteiger partial charge is 0.426 e. The highest BCUT2D eigenvalue weighted by molar-refractivity contribution is 5.81. The van der Waals surface area contributed by atoms with Gasteiger partial charge in [0.2, 0.25) is 0 Å². The predicted octanol–water partition coefficient (Wildman–Crippen LogP) is 1.86. The van der Waals surface area contributed by atoms with Crippen LogP contribution in [0, 0.1) is 0 Å². The van der Waals surface area contributed by atoms with Gasteiger partial charge in [-0.1, -0.05) is 6.07 Å². The van der Waals surface area contributed by atoms with Gasteiger partial charge in [0.1, 0.15) is 5.75 Å². The molecule has 1 aliphatic rings. The number of ether oxygens (including phenoxy) is 2. The van der Waals surface area contributed by atoms with Gasteiger partial charge in [0.25, 0.3) is 0 Å². The van der Waals surface area contributed by atoms with Crippen molar-refractivity contribution in [2.75, 3.05) is 32.8 Å². The third-order valence-electron chi connectivity index (χ3n) is 3.54. The average molecular weight is 286 g/mol. The second-order valence-corrected chi connectivity index (χ2v) is 5.04. The van der Waals surface area contributed by atoms with Crippen molar-refractivity contribution >= 4 is 16.9 Å². The molecule has 21 heavy (non-hydrogen) atoms. The number of nitrogens with zero attached hydrogens (tertiary/aromatic N) is 2. The van der Waals surface area contributed by atoms with Gasteiger partial charge in [0.05, 0.1) is 25.2 Å². The standard InChI is InChI=1S/C16H18N2O3/c19-16(5-7-18-8-10-20-11-9-18)21-14-4-3-13-2-1-6-17-15(13)12-14/h1-4,6,12H,5,7-11H2. The zero-order valence-corrected chi connectivity index (χ0v) is 11.8. The molecule has 5 nitrogen and oxygen atoms in total. The minimum atomic E-state index is -0.211. The van der Waals surface area contributed by atoms with Crippen LogP contribution in [0.5, 0.6) is 5.75 Å². The van der Waals surface area contributed by atoms with E-state index in [1.807, 2.05) is 18.2 Å². The van der Waals surface area contributed by atoms with Gasteiger partial charge in [-0.15, -0.1) is 0 Å². The van der Waals surface area contributed by atoms with Crippen LogP contribution >= 0.6 is 0 Å². The van der Waals surface area contributed by atoms with Crippen LogP contribution in [0.25, 0.3) is 10.9 Å². The molecule has 2 aromatic rings. The number of morpholine rings is 1. The first-order chi connectivity index (χ1) is 10.3. The Bertz CT molecular complexity index is 624. The smallest absolute Gasteiger partial charge is 0.312 e. The van der Waals surface area contributed by atoms with Crippen LogP contribution in [0.15, 0.2) is 36.5 Å². The number of carbonyl (C=O) groups is 1. The number of benzene rings is 1. The molecule has 0 radical (unpaired) electrons. The molecule has 0 bridgehead atoms. The quantitative estimate of drug-likeness (QED) is 0.634. The Morgan fingerprint density at radius 2 is 2.14 bits per heavy atom. The molecule has 0 spiro atoms. The van der Waals surface area contributed by atoms with Crippen molar-refractivity contribution in [2.45, 2.75) is 6.42 Å². The molecule has 110 valence electrons. The first kappa shape index (κ1) is 14.0. The van der Waals surface area contributed by atoms with E-state index in [9.17, 15) is 4.79 Å². The van der Waals surface area contributed by atoms with Gasteiger partial charge in [-0.25, -0.2) is 0 Å². The molecule has 2 heterocycles. The Kier molecular flexibility index (Phi) is 4.43. The summed E-state index contributed by atoms with van der Waals surface area (Å²) in [5.41, 5.74) is 0.830. The van der Waals surface area contributed by atoms with Crippen LogP contribution in [0.1, 0.15) is 6.42 Å². The van der Waals surface area contributed by atoms with Crippen molar-refractivity contribution in [3.63, 3.8) is 0 Å². The van der Waals surface area contributed by atoms with E-state index in [-0.39, 0.29) is 5.97 Å². The van der Waals surface area contributed by atoms with E-state index < -0.39 is 0 Å². The number of hydrogen-bond acceptors (Lipinski definition) is 5. The summed E-state index contributed by atoms with van der Waals surface area (Å²) < 4.78 is 10.7. The molecular weight excluding hydrogens is 268 g/mol. The summed E-state index contributed by atoms with van der Waals surface area (Å²) >= 11 is 0. The van der Waals surface area contributed by atoms with Crippen molar-refractivity contribution in [1.82, 2.24) is 9.88 Å². The molecule has 0 atom stereocenters. The van der Waals surface area contributed by atoms with E-state index in [1.54, 1.807) is 18.3 Å². The van der Waals surface area contributed by atoms with Crippen molar-refractivity contribution in [2.24, 2.45) is 0 Å². The molecule has 5 heteroatoms. The molecule has 0 unspecified atom stereocenters. The summed E-state index contributed by atoms with van der Waals surface area (Å²) in [5, 5.41) is 1.03. The maximum atomic E-state index is 11.9. The minimum absolute atomic E-state index is 0.211.